The van der Waals surface area contributed by atoms with Crippen molar-refractivity contribution < 1.29 is 5.11 Å². The lowest BCUT2D eigenvalue weighted by molar-refractivity contribution is 0.208. The highest BCUT2D eigenvalue weighted by molar-refractivity contribution is 9.10. The number of hydrogen-bond acceptors (Lipinski definition) is 4. The summed E-state index contributed by atoms with van der Waals surface area (Å²) in [6.07, 6.45) is 1.83. The first-order valence-electron chi connectivity index (χ1n) is 5.30. The molecule has 0 aliphatic carbocycles. The molecule has 2 rings (SSSR count). The molecule has 0 radical (unpaired) electrons. The van der Waals surface area contributed by atoms with E-state index < -0.39 is 6.10 Å². The van der Waals surface area contributed by atoms with E-state index in [9.17, 15) is 5.11 Å². The first-order valence-corrected chi connectivity index (χ1v) is 6.09. The molecule has 0 saturated heterocycles. The van der Waals surface area contributed by atoms with Crippen LogP contribution in [-0.4, -0.2) is 29.9 Å². The molecular formula is C10H14BrN5O. The van der Waals surface area contributed by atoms with Crippen LogP contribution in [0.4, 0.5) is 0 Å². The van der Waals surface area contributed by atoms with Gasteiger partial charge in [-0.2, -0.15) is 5.10 Å². The molecule has 1 atom stereocenters. The minimum Gasteiger partial charge on any atom is -0.382 e. The quantitative estimate of drug-likeness (QED) is 0.916. The van der Waals surface area contributed by atoms with E-state index in [4.69, 9.17) is 0 Å². The number of halogens is 1. The fourth-order valence-electron chi connectivity index (χ4n) is 1.83. The molecular weight excluding hydrogens is 286 g/mol. The minimum absolute atomic E-state index is 0.554. The summed E-state index contributed by atoms with van der Waals surface area (Å²) in [5, 5.41) is 22.4. The Morgan fingerprint density at radius 3 is 2.71 bits per heavy atom. The van der Waals surface area contributed by atoms with Crippen molar-refractivity contribution in [3.05, 3.63) is 27.8 Å². The van der Waals surface area contributed by atoms with Gasteiger partial charge in [0.15, 0.2) is 4.60 Å². The predicted molar refractivity (Wildman–Crippen MR) is 65.4 cm³/mol. The van der Waals surface area contributed by atoms with Crippen LogP contribution in [0.25, 0.3) is 0 Å². The summed E-state index contributed by atoms with van der Waals surface area (Å²) < 4.78 is 3.81. The highest BCUT2D eigenvalue weighted by Gasteiger charge is 2.23. The van der Waals surface area contributed by atoms with Gasteiger partial charge in [0.05, 0.1) is 5.69 Å². The van der Waals surface area contributed by atoms with Crippen LogP contribution in [0.1, 0.15) is 30.0 Å². The van der Waals surface area contributed by atoms with Crippen LogP contribution in [-0.2, 0) is 20.5 Å². The van der Waals surface area contributed by atoms with Crippen molar-refractivity contribution in [3.8, 4) is 0 Å². The summed E-state index contributed by atoms with van der Waals surface area (Å²) in [5.74, 6) is 0. The zero-order valence-corrected chi connectivity index (χ0v) is 11.5. The molecule has 0 bridgehead atoms. The van der Waals surface area contributed by atoms with E-state index in [-0.39, 0.29) is 0 Å². The van der Waals surface area contributed by atoms with Crippen molar-refractivity contribution in [2.24, 2.45) is 14.1 Å². The zero-order valence-electron chi connectivity index (χ0n) is 9.92. The Bertz CT molecular complexity index is 513. The van der Waals surface area contributed by atoms with Gasteiger partial charge in [0.2, 0.25) is 0 Å². The van der Waals surface area contributed by atoms with Gasteiger partial charge in [0, 0.05) is 25.9 Å². The maximum atomic E-state index is 10.4. The Hall–Kier alpha value is -1.21. The first kappa shape index (κ1) is 12.3. The summed E-state index contributed by atoms with van der Waals surface area (Å²) in [7, 11) is 3.59. The molecule has 0 aliphatic heterocycles. The van der Waals surface area contributed by atoms with Gasteiger partial charge in [-0.25, -0.2) is 4.68 Å². The van der Waals surface area contributed by atoms with Crippen LogP contribution in [0.3, 0.4) is 0 Å². The third-order valence-electron chi connectivity index (χ3n) is 2.65. The van der Waals surface area contributed by atoms with Crippen molar-refractivity contribution in [2.45, 2.75) is 19.4 Å². The van der Waals surface area contributed by atoms with E-state index in [1.807, 2.05) is 20.2 Å². The Morgan fingerprint density at radius 2 is 2.18 bits per heavy atom. The van der Waals surface area contributed by atoms with Crippen molar-refractivity contribution in [1.29, 1.82) is 0 Å². The summed E-state index contributed by atoms with van der Waals surface area (Å²) in [5.41, 5.74) is 2.31. The van der Waals surface area contributed by atoms with E-state index in [1.165, 1.54) is 0 Å². The third-order valence-corrected chi connectivity index (χ3v) is 3.22. The Kier molecular flexibility index (Phi) is 3.30. The smallest absolute Gasteiger partial charge is 0.154 e. The van der Waals surface area contributed by atoms with Crippen LogP contribution in [0.2, 0.25) is 0 Å². The molecule has 17 heavy (non-hydrogen) atoms. The maximum Gasteiger partial charge on any atom is 0.154 e. The van der Waals surface area contributed by atoms with Crippen molar-refractivity contribution in [2.75, 3.05) is 0 Å². The van der Waals surface area contributed by atoms with Gasteiger partial charge in [-0.05, 0) is 22.4 Å². The average molecular weight is 300 g/mol. The SMILES string of the molecule is CCc1nn(C)cc1C(O)c1c(Br)nnn1C. The van der Waals surface area contributed by atoms with Gasteiger partial charge >= 0.3 is 0 Å². The average Bonchev–Trinajstić information content (AvgIpc) is 2.82. The molecule has 0 saturated carbocycles. The third kappa shape index (κ3) is 2.12. The number of aliphatic hydroxyl groups excluding tert-OH is 1. The molecule has 2 aromatic heterocycles. The number of hydrogen-bond donors (Lipinski definition) is 1. The fraction of sp³-hybridized carbons (Fsp3) is 0.500. The maximum absolute atomic E-state index is 10.4. The number of aryl methyl sites for hydroxylation is 3. The molecule has 2 aromatic rings. The summed E-state index contributed by atoms with van der Waals surface area (Å²) in [6.45, 7) is 2.01. The van der Waals surface area contributed by atoms with Gasteiger partial charge < -0.3 is 5.11 Å². The summed E-state index contributed by atoms with van der Waals surface area (Å²) in [4.78, 5) is 0. The van der Waals surface area contributed by atoms with E-state index in [2.05, 4.69) is 31.3 Å². The Labute approximate surface area is 107 Å². The first-order chi connectivity index (χ1) is 8.04. The highest BCUT2D eigenvalue weighted by atomic mass is 79.9. The van der Waals surface area contributed by atoms with Gasteiger partial charge in [-0.1, -0.05) is 12.1 Å². The van der Waals surface area contributed by atoms with Crippen LogP contribution >= 0.6 is 15.9 Å². The molecule has 0 aromatic carbocycles. The normalized spacial score (nSPS) is 13.0. The van der Waals surface area contributed by atoms with E-state index >= 15 is 0 Å². The molecule has 0 spiro atoms. The molecule has 1 N–H and O–H groups in total. The topological polar surface area (TPSA) is 68.8 Å². The Balaban J connectivity index is 2.46. The van der Waals surface area contributed by atoms with Crippen molar-refractivity contribution in [1.82, 2.24) is 24.8 Å². The van der Waals surface area contributed by atoms with E-state index in [1.54, 1.807) is 16.4 Å². The highest BCUT2D eigenvalue weighted by Crippen LogP contribution is 2.28. The molecule has 92 valence electrons. The second-order valence-corrected chi connectivity index (χ2v) is 4.60. The lowest BCUT2D eigenvalue weighted by atomic mass is 10.1. The monoisotopic (exact) mass is 299 g/mol. The number of rotatable bonds is 3. The van der Waals surface area contributed by atoms with Crippen molar-refractivity contribution in [3.63, 3.8) is 0 Å². The summed E-state index contributed by atoms with van der Waals surface area (Å²) >= 11 is 3.29. The largest absolute Gasteiger partial charge is 0.382 e. The molecule has 0 amide bonds. The standard InChI is InChI=1S/C10H14BrN5O/c1-4-7-6(5-15(2)13-7)9(17)8-10(11)12-14-16(8)3/h5,9,17H,4H2,1-3H3. The second-order valence-electron chi connectivity index (χ2n) is 3.85. The van der Waals surface area contributed by atoms with E-state index in [0.717, 1.165) is 17.7 Å². The van der Waals surface area contributed by atoms with Crippen molar-refractivity contribution >= 4 is 15.9 Å². The van der Waals surface area contributed by atoms with Crippen LogP contribution in [0.15, 0.2) is 10.8 Å². The predicted octanol–water partition coefficient (Wildman–Crippen LogP) is 0.955. The fourth-order valence-corrected chi connectivity index (χ4v) is 2.38. The van der Waals surface area contributed by atoms with Crippen LogP contribution < -0.4 is 0 Å². The lowest BCUT2D eigenvalue weighted by Gasteiger charge is -2.10. The molecule has 0 aliphatic rings. The summed E-state index contributed by atoms with van der Waals surface area (Å²) in [6, 6.07) is 0. The lowest BCUT2D eigenvalue weighted by Crippen LogP contribution is -2.08. The molecule has 1 unspecified atom stereocenters. The van der Waals surface area contributed by atoms with Gasteiger partial charge in [0.25, 0.3) is 0 Å². The zero-order chi connectivity index (χ0) is 12.6. The molecule has 6 nitrogen and oxygen atoms in total. The molecule has 7 heteroatoms. The minimum atomic E-state index is -0.770. The van der Waals surface area contributed by atoms with E-state index in [0.29, 0.717) is 10.3 Å². The molecule has 0 fully saturated rings. The van der Waals surface area contributed by atoms with Crippen LogP contribution in [0.5, 0.6) is 0 Å². The Morgan fingerprint density at radius 1 is 1.47 bits per heavy atom. The number of aliphatic hydroxyl groups is 1. The van der Waals surface area contributed by atoms with Gasteiger partial charge in [-0.3, -0.25) is 4.68 Å². The second kappa shape index (κ2) is 4.58. The number of aromatic nitrogens is 5. The van der Waals surface area contributed by atoms with Gasteiger partial charge in [-0.15, -0.1) is 5.10 Å². The van der Waals surface area contributed by atoms with Gasteiger partial charge in [0.1, 0.15) is 11.8 Å². The van der Waals surface area contributed by atoms with Crippen LogP contribution in [0, 0.1) is 0 Å². The molecule has 2 heterocycles. The number of nitrogens with zero attached hydrogens (tertiary/aromatic N) is 5.